The van der Waals surface area contributed by atoms with E-state index in [-0.39, 0.29) is 18.2 Å². The summed E-state index contributed by atoms with van der Waals surface area (Å²) in [5.41, 5.74) is 6.31. The van der Waals surface area contributed by atoms with Crippen molar-refractivity contribution in [2.75, 3.05) is 0 Å². The second kappa shape index (κ2) is 7.13. The van der Waals surface area contributed by atoms with Crippen molar-refractivity contribution >= 4 is 23.2 Å². The van der Waals surface area contributed by atoms with Gasteiger partial charge in [0.2, 0.25) is 11.8 Å². The van der Waals surface area contributed by atoms with E-state index in [9.17, 15) is 14.4 Å². The van der Waals surface area contributed by atoms with E-state index in [2.05, 4.69) is 15.4 Å². The number of hydrogen-bond acceptors (Lipinski definition) is 5. The second-order valence-corrected chi connectivity index (χ2v) is 8.45. The number of imidazole rings is 1. The van der Waals surface area contributed by atoms with Crippen molar-refractivity contribution in [2.24, 2.45) is 7.05 Å². The monoisotopic (exact) mass is 440 g/mol. The largest absolute Gasteiger partial charge is 0.322 e. The third-order valence-electron chi connectivity index (χ3n) is 6.45. The van der Waals surface area contributed by atoms with Crippen LogP contribution in [0.2, 0.25) is 0 Å². The van der Waals surface area contributed by atoms with E-state index < -0.39 is 11.9 Å². The van der Waals surface area contributed by atoms with Crippen LogP contribution in [0, 0.1) is 0 Å². The zero-order valence-electron chi connectivity index (χ0n) is 17.9. The number of rotatable bonds is 3. The molecule has 33 heavy (non-hydrogen) atoms. The first-order valence-corrected chi connectivity index (χ1v) is 10.7. The second-order valence-electron chi connectivity index (χ2n) is 8.45. The number of benzene rings is 1. The first-order valence-electron chi connectivity index (χ1n) is 10.7. The van der Waals surface area contributed by atoms with Gasteiger partial charge in [-0.15, -0.1) is 0 Å². The lowest BCUT2D eigenvalue weighted by Gasteiger charge is -2.29. The summed E-state index contributed by atoms with van der Waals surface area (Å²) in [5.74, 6) is -0.874. The highest BCUT2D eigenvalue weighted by molar-refractivity contribution is 6.05. The van der Waals surface area contributed by atoms with Crippen LogP contribution in [0.3, 0.4) is 0 Å². The van der Waals surface area contributed by atoms with Crippen LogP contribution in [0.5, 0.6) is 0 Å². The fourth-order valence-corrected chi connectivity index (χ4v) is 4.79. The number of aryl methyl sites for hydroxylation is 1. The molecule has 0 saturated carbocycles. The molecule has 1 aromatic carbocycles. The highest BCUT2D eigenvalue weighted by Crippen LogP contribution is 2.35. The smallest absolute Gasteiger partial charge is 0.255 e. The van der Waals surface area contributed by atoms with Gasteiger partial charge in [0.1, 0.15) is 6.04 Å². The summed E-state index contributed by atoms with van der Waals surface area (Å²) in [7, 11) is 1.90. The molecule has 1 N–H and O–H groups in total. The molecule has 0 radical (unpaired) electrons. The molecule has 3 aromatic heterocycles. The lowest BCUT2D eigenvalue weighted by Crippen LogP contribution is -2.52. The molecule has 2 aliphatic rings. The van der Waals surface area contributed by atoms with Crippen molar-refractivity contribution in [3.63, 3.8) is 0 Å². The average molecular weight is 440 g/mol. The number of imide groups is 1. The Morgan fingerprint density at radius 3 is 2.73 bits per heavy atom. The maximum Gasteiger partial charge on any atom is 0.255 e. The van der Waals surface area contributed by atoms with E-state index >= 15 is 0 Å². The van der Waals surface area contributed by atoms with Gasteiger partial charge in [-0.2, -0.15) is 5.10 Å². The van der Waals surface area contributed by atoms with Crippen LogP contribution in [0.15, 0.2) is 55.2 Å². The lowest BCUT2D eigenvalue weighted by atomic mass is 9.98. The third-order valence-corrected chi connectivity index (χ3v) is 6.45. The molecule has 9 heteroatoms. The van der Waals surface area contributed by atoms with Gasteiger partial charge >= 0.3 is 0 Å². The Bertz CT molecular complexity index is 1470. The minimum absolute atomic E-state index is 0.178. The minimum atomic E-state index is -0.623. The molecule has 4 aromatic rings. The number of nitrogens with zero attached hydrogens (tertiary/aromatic N) is 5. The highest BCUT2D eigenvalue weighted by atomic mass is 16.2. The van der Waals surface area contributed by atoms with Crippen molar-refractivity contribution in [1.82, 2.24) is 29.4 Å². The van der Waals surface area contributed by atoms with Crippen LogP contribution in [0.1, 0.15) is 28.8 Å². The van der Waals surface area contributed by atoms with Crippen LogP contribution in [0.25, 0.3) is 27.9 Å². The van der Waals surface area contributed by atoms with Gasteiger partial charge in [0, 0.05) is 42.9 Å². The predicted molar refractivity (Wildman–Crippen MR) is 119 cm³/mol. The van der Waals surface area contributed by atoms with Crippen molar-refractivity contribution in [2.45, 2.75) is 25.4 Å². The molecular weight excluding hydrogens is 420 g/mol. The molecule has 1 fully saturated rings. The van der Waals surface area contributed by atoms with Crippen molar-refractivity contribution in [3.8, 4) is 22.4 Å². The summed E-state index contributed by atoms with van der Waals surface area (Å²) in [6.07, 6.45) is 8.00. The van der Waals surface area contributed by atoms with Crippen LogP contribution < -0.4 is 5.32 Å². The van der Waals surface area contributed by atoms with E-state index in [1.807, 2.05) is 58.9 Å². The molecule has 1 atom stereocenters. The summed E-state index contributed by atoms with van der Waals surface area (Å²) < 4.78 is 3.80. The molecule has 0 aliphatic carbocycles. The third kappa shape index (κ3) is 3.04. The number of carbonyl (C=O) groups excluding carboxylic acids is 3. The summed E-state index contributed by atoms with van der Waals surface area (Å²) in [5, 5.41) is 6.82. The van der Waals surface area contributed by atoms with Gasteiger partial charge in [-0.25, -0.2) is 4.98 Å². The van der Waals surface area contributed by atoms with Gasteiger partial charge in [0.15, 0.2) is 0 Å². The Morgan fingerprint density at radius 1 is 1.03 bits per heavy atom. The standard InChI is InChI=1S/C24H20N6O3/c1-28-22(15-2-4-17-9-25-13-29(17)11-15)19(10-26-28)14-3-5-18-16(8-14)12-30(24(18)33)20-6-7-21(31)27-23(20)32/h2-5,8-11,13,20H,6-7,12H2,1H3,(H,27,31,32). The van der Waals surface area contributed by atoms with Gasteiger partial charge in [-0.05, 0) is 41.8 Å². The summed E-state index contributed by atoms with van der Waals surface area (Å²) >= 11 is 0. The van der Waals surface area contributed by atoms with E-state index in [4.69, 9.17) is 0 Å². The van der Waals surface area contributed by atoms with Crippen molar-refractivity contribution in [1.29, 1.82) is 0 Å². The van der Waals surface area contributed by atoms with E-state index in [0.29, 0.717) is 18.5 Å². The van der Waals surface area contributed by atoms with E-state index in [1.165, 1.54) is 0 Å². The Labute approximate surface area is 188 Å². The Morgan fingerprint density at radius 2 is 1.88 bits per heavy atom. The van der Waals surface area contributed by atoms with E-state index in [1.54, 1.807) is 17.4 Å². The molecule has 1 saturated heterocycles. The number of carbonyl (C=O) groups is 3. The quantitative estimate of drug-likeness (QED) is 0.492. The highest BCUT2D eigenvalue weighted by Gasteiger charge is 2.39. The van der Waals surface area contributed by atoms with Gasteiger partial charge in [0.05, 0.1) is 29.9 Å². The summed E-state index contributed by atoms with van der Waals surface area (Å²) in [6.45, 7) is 0.338. The first-order chi connectivity index (χ1) is 16.0. The topological polar surface area (TPSA) is 102 Å². The zero-order valence-corrected chi connectivity index (χ0v) is 17.9. The average Bonchev–Trinajstić information content (AvgIpc) is 3.50. The van der Waals surface area contributed by atoms with Crippen molar-refractivity contribution in [3.05, 3.63) is 66.4 Å². The fourth-order valence-electron chi connectivity index (χ4n) is 4.79. The lowest BCUT2D eigenvalue weighted by molar-refractivity contribution is -0.136. The Kier molecular flexibility index (Phi) is 4.19. The van der Waals surface area contributed by atoms with Gasteiger partial charge in [-0.1, -0.05) is 6.07 Å². The van der Waals surface area contributed by atoms with Gasteiger partial charge in [-0.3, -0.25) is 24.4 Å². The number of piperidine rings is 1. The molecule has 6 rings (SSSR count). The molecule has 9 nitrogen and oxygen atoms in total. The van der Waals surface area contributed by atoms with Gasteiger partial charge < -0.3 is 9.30 Å². The van der Waals surface area contributed by atoms with E-state index in [0.717, 1.165) is 33.5 Å². The molecule has 164 valence electrons. The number of fused-ring (bicyclic) bond motifs is 2. The summed E-state index contributed by atoms with van der Waals surface area (Å²) in [4.78, 5) is 42.6. The Balaban J connectivity index is 1.36. The molecule has 2 aliphatic heterocycles. The van der Waals surface area contributed by atoms with Crippen LogP contribution in [-0.4, -0.2) is 47.8 Å². The molecule has 0 spiro atoms. The zero-order chi connectivity index (χ0) is 22.7. The SMILES string of the molecule is Cn1ncc(-c2ccc3c(c2)CN(C2CCC(=O)NC2=O)C3=O)c1-c1ccc2cncn2c1. The van der Waals surface area contributed by atoms with Crippen molar-refractivity contribution < 1.29 is 14.4 Å². The maximum atomic E-state index is 13.0. The molecule has 1 unspecified atom stereocenters. The fraction of sp³-hybridized carbons (Fsp3) is 0.208. The van der Waals surface area contributed by atoms with Gasteiger partial charge in [0.25, 0.3) is 5.91 Å². The number of aromatic nitrogens is 4. The number of hydrogen-bond donors (Lipinski definition) is 1. The number of nitrogens with one attached hydrogen (secondary N) is 1. The van der Waals surface area contributed by atoms with Crippen LogP contribution in [0.4, 0.5) is 0 Å². The minimum Gasteiger partial charge on any atom is -0.322 e. The molecule has 3 amide bonds. The first kappa shape index (κ1) is 19.4. The normalized spacial score (nSPS) is 18.2. The number of pyridine rings is 1. The Hall–Kier alpha value is -4.27. The predicted octanol–water partition coefficient (Wildman–Crippen LogP) is 2.16. The maximum absolute atomic E-state index is 13.0. The molecule has 5 heterocycles. The van der Waals surface area contributed by atoms with Crippen LogP contribution in [-0.2, 0) is 23.2 Å². The van der Waals surface area contributed by atoms with Crippen LogP contribution >= 0.6 is 0 Å². The summed E-state index contributed by atoms with van der Waals surface area (Å²) in [6, 6.07) is 9.16. The number of amides is 3. The molecular formula is C24H20N6O3. The molecule has 0 bridgehead atoms.